The Hall–Kier alpha value is -1.91. The van der Waals surface area contributed by atoms with Crippen LogP contribution in [0.2, 0.25) is 0 Å². The molecule has 5 nitrogen and oxygen atoms in total. The van der Waals surface area contributed by atoms with Gasteiger partial charge in [-0.2, -0.15) is 0 Å². The molecule has 0 bridgehead atoms. The van der Waals surface area contributed by atoms with E-state index in [0.29, 0.717) is 6.54 Å². The molecule has 1 unspecified atom stereocenters. The highest BCUT2D eigenvalue weighted by atomic mass is 16.6. The highest BCUT2D eigenvalue weighted by Gasteiger charge is 2.16. The minimum absolute atomic E-state index is 0.0225. The van der Waals surface area contributed by atoms with Crippen LogP contribution in [0.15, 0.2) is 24.3 Å². The molecule has 0 heterocycles. The average molecular weight is 266 g/mol. The van der Waals surface area contributed by atoms with E-state index in [2.05, 4.69) is 10.6 Å². The summed E-state index contributed by atoms with van der Waals surface area (Å²) in [6.45, 7) is 7.83. The number of carbonyl (C=O) groups is 1. The van der Waals surface area contributed by atoms with Crippen molar-refractivity contribution in [3.05, 3.63) is 24.3 Å². The van der Waals surface area contributed by atoms with Crippen molar-refractivity contribution in [2.45, 2.75) is 39.3 Å². The molecule has 1 aromatic rings. The second-order valence-corrected chi connectivity index (χ2v) is 5.48. The summed E-state index contributed by atoms with van der Waals surface area (Å²) in [4.78, 5) is 11.5. The molecule has 106 valence electrons. The molecule has 3 N–H and O–H groups in total. The van der Waals surface area contributed by atoms with Crippen LogP contribution < -0.4 is 10.6 Å². The van der Waals surface area contributed by atoms with Gasteiger partial charge in [-0.1, -0.05) is 6.07 Å². The van der Waals surface area contributed by atoms with Crippen LogP contribution in [-0.2, 0) is 4.74 Å². The van der Waals surface area contributed by atoms with Crippen molar-refractivity contribution in [1.29, 1.82) is 0 Å². The third-order valence-electron chi connectivity index (χ3n) is 2.21. The maximum Gasteiger partial charge on any atom is 0.407 e. The fraction of sp³-hybridized carbons (Fsp3) is 0.500. The summed E-state index contributed by atoms with van der Waals surface area (Å²) < 4.78 is 5.14. The van der Waals surface area contributed by atoms with Gasteiger partial charge in [-0.15, -0.1) is 0 Å². The maximum atomic E-state index is 11.5. The molecule has 0 aliphatic heterocycles. The predicted molar refractivity (Wildman–Crippen MR) is 75.4 cm³/mol. The molecular weight excluding hydrogens is 244 g/mol. The van der Waals surface area contributed by atoms with Gasteiger partial charge in [0.1, 0.15) is 11.4 Å². The standard InChI is InChI=1S/C14H22N2O3/c1-10(9-15-13(18)19-14(2,3)4)16-11-6-5-7-12(17)8-11/h5-8,10,16-17H,9H2,1-4H3,(H,15,18). The first-order valence-corrected chi connectivity index (χ1v) is 6.29. The van der Waals surface area contributed by atoms with Gasteiger partial charge in [0.25, 0.3) is 0 Å². The van der Waals surface area contributed by atoms with Crippen LogP contribution in [0.1, 0.15) is 27.7 Å². The van der Waals surface area contributed by atoms with E-state index in [-0.39, 0.29) is 11.8 Å². The number of hydrogen-bond donors (Lipinski definition) is 3. The van der Waals surface area contributed by atoms with Crippen LogP contribution in [0, 0.1) is 0 Å². The molecule has 0 aliphatic rings. The van der Waals surface area contributed by atoms with E-state index < -0.39 is 11.7 Å². The fourth-order valence-corrected chi connectivity index (χ4v) is 1.48. The summed E-state index contributed by atoms with van der Waals surface area (Å²) in [5.41, 5.74) is 0.310. The largest absolute Gasteiger partial charge is 0.508 e. The van der Waals surface area contributed by atoms with Crippen molar-refractivity contribution >= 4 is 11.8 Å². The van der Waals surface area contributed by atoms with Crippen LogP contribution in [0.5, 0.6) is 5.75 Å². The minimum atomic E-state index is -0.494. The number of aromatic hydroxyl groups is 1. The van der Waals surface area contributed by atoms with E-state index in [4.69, 9.17) is 4.74 Å². The topological polar surface area (TPSA) is 70.6 Å². The number of phenols is 1. The number of alkyl carbamates (subject to hydrolysis) is 1. The van der Waals surface area contributed by atoms with E-state index in [9.17, 15) is 9.90 Å². The third kappa shape index (κ3) is 6.55. The van der Waals surface area contributed by atoms with Crippen molar-refractivity contribution in [3.8, 4) is 5.75 Å². The van der Waals surface area contributed by atoms with Crippen molar-refractivity contribution in [2.75, 3.05) is 11.9 Å². The number of benzene rings is 1. The SMILES string of the molecule is CC(CNC(=O)OC(C)(C)C)Nc1cccc(O)c1. The highest BCUT2D eigenvalue weighted by molar-refractivity contribution is 5.67. The second-order valence-electron chi connectivity index (χ2n) is 5.48. The van der Waals surface area contributed by atoms with Crippen LogP contribution >= 0.6 is 0 Å². The monoisotopic (exact) mass is 266 g/mol. The van der Waals surface area contributed by atoms with Crippen LogP contribution in [0.25, 0.3) is 0 Å². The molecule has 0 aliphatic carbocycles. The summed E-state index contributed by atoms with van der Waals surface area (Å²) in [5.74, 6) is 0.206. The molecule has 1 aromatic carbocycles. The lowest BCUT2D eigenvalue weighted by atomic mass is 10.2. The van der Waals surface area contributed by atoms with Gasteiger partial charge in [-0.05, 0) is 39.8 Å². The Bertz CT molecular complexity index is 427. The normalized spacial score (nSPS) is 12.6. The fourth-order valence-electron chi connectivity index (χ4n) is 1.48. The smallest absolute Gasteiger partial charge is 0.407 e. The van der Waals surface area contributed by atoms with Gasteiger partial charge in [0, 0.05) is 24.3 Å². The first-order valence-electron chi connectivity index (χ1n) is 6.29. The lowest BCUT2D eigenvalue weighted by molar-refractivity contribution is 0.0526. The zero-order valence-corrected chi connectivity index (χ0v) is 11.9. The quantitative estimate of drug-likeness (QED) is 0.783. The van der Waals surface area contributed by atoms with Crippen molar-refractivity contribution in [3.63, 3.8) is 0 Å². The number of carbonyl (C=O) groups excluding carboxylic acids is 1. The molecule has 19 heavy (non-hydrogen) atoms. The van der Waals surface area contributed by atoms with Crippen molar-refractivity contribution < 1.29 is 14.6 Å². The lowest BCUT2D eigenvalue weighted by Gasteiger charge is -2.21. The zero-order chi connectivity index (χ0) is 14.5. The number of amides is 1. The summed E-state index contributed by atoms with van der Waals surface area (Å²) >= 11 is 0. The Labute approximate surface area is 114 Å². The molecule has 0 radical (unpaired) electrons. The van der Waals surface area contributed by atoms with Gasteiger partial charge >= 0.3 is 6.09 Å². The van der Waals surface area contributed by atoms with Crippen molar-refractivity contribution in [1.82, 2.24) is 5.32 Å². The van der Waals surface area contributed by atoms with E-state index in [1.165, 1.54) is 0 Å². The van der Waals surface area contributed by atoms with Gasteiger partial charge in [0.15, 0.2) is 0 Å². The van der Waals surface area contributed by atoms with E-state index >= 15 is 0 Å². The highest BCUT2D eigenvalue weighted by Crippen LogP contribution is 2.16. The molecule has 0 saturated carbocycles. The molecule has 1 atom stereocenters. The number of phenolic OH excluding ortho intramolecular Hbond substituents is 1. The number of rotatable bonds is 4. The molecular formula is C14H22N2O3. The summed E-state index contributed by atoms with van der Waals surface area (Å²) in [6.07, 6.45) is -0.433. The molecule has 1 rings (SSSR count). The first-order chi connectivity index (χ1) is 8.76. The first kappa shape index (κ1) is 15.1. The molecule has 5 heteroatoms. The molecule has 0 aromatic heterocycles. The number of nitrogens with one attached hydrogen (secondary N) is 2. The number of anilines is 1. The maximum absolute atomic E-state index is 11.5. The Kier molecular flexibility index (Phi) is 5.03. The minimum Gasteiger partial charge on any atom is -0.508 e. The van der Waals surface area contributed by atoms with Crippen LogP contribution in [0.3, 0.4) is 0 Å². The Morgan fingerprint density at radius 3 is 2.68 bits per heavy atom. The van der Waals surface area contributed by atoms with E-state index in [0.717, 1.165) is 5.69 Å². The van der Waals surface area contributed by atoms with Gasteiger partial charge in [-0.3, -0.25) is 0 Å². The molecule has 0 fully saturated rings. The third-order valence-corrected chi connectivity index (χ3v) is 2.21. The number of hydrogen-bond acceptors (Lipinski definition) is 4. The Morgan fingerprint density at radius 1 is 1.42 bits per heavy atom. The summed E-state index contributed by atoms with van der Waals surface area (Å²) in [5, 5.41) is 15.2. The van der Waals surface area contributed by atoms with Crippen LogP contribution in [0.4, 0.5) is 10.5 Å². The Balaban J connectivity index is 2.36. The summed E-state index contributed by atoms with van der Waals surface area (Å²) in [7, 11) is 0. The van der Waals surface area contributed by atoms with Gasteiger partial charge < -0.3 is 20.5 Å². The van der Waals surface area contributed by atoms with Gasteiger partial charge in [0.05, 0.1) is 0 Å². The predicted octanol–water partition coefficient (Wildman–Crippen LogP) is 2.72. The van der Waals surface area contributed by atoms with E-state index in [1.54, 1.807) is 18.2 Å². The molecule has 0 saturated heterocycles. The zero-order valence-electron chi connectivity index (χ0n) is 11.9. The van der Waals surface area contributed by atoms with Crippen LogP contribution in [-0.4, -0.2) is 29.4 Å². The number of ether oxygens (including phenoxy) is 1. The van der Waals surface area contributed by atoms with Gasteiger partial charge in [-0.25, -0.2) is 4.79 Å². The molecule has 0 spiro atoms. The molecule has 1 amide bonds. The van der Waals surface area contributed by atoms with E-state index in [1.807, 2.05) is 33.8 Å². The second kappa shape index (κ2) is 6.31. The van der Waals surface area contributed by atoms with Crippen molar-refractivity contribution in [2.24, 2.45) is 0 Å². The Morgan fingerprint density at radius 2 is 2.11 bits per heavy atom. The average Bonchev–Trinajstić information content (AvgIpc) is 2.24. The summed E-state index contributed by atoms with van der Waals surface area (Å²) in [6, 6.07) is 6.86. The van der Waals surface area contributed by atoms with Gasteiger partial charge in [0.2, 0.25) is 0 Å². The lowest BCUT2D eigenvalue weighted by Crippen LogP contribution is -2.38.